The summed E-state index contributed by atoms with van der Waals surface area (Å²) in [5, 5.41) is 3.40. The highest BCUT2D eigenvalue weighted by atomic mass is 15.3. The van der Waals surface area contributed by atoms with E-state index >= 15 is 0 Å². The van der Waals surface area contributed by atoms with Crippen LogP contribution in [0.5, 0.6) is 0 Å². The molecule has 0 amide bonds. The van der Waals surface area contributed by atoms with Crippen LogP contribution >= 0.6 is 0 Å². The third-order valence-electron chi connectivity index (χ3n) is 2.61. The number of likely N-dealkylation sites (N-methyl/N-ethyl adjacent to an activating group) is 3. The van der Waals surface area contributed by atoms with Gasteiger partial charge in [-0.2, -0.15) is 0 Å². The highest BCUT2D eigenvalue weighted by Gasteiger charge is 2.20. The highest BCUT2D eigenvalue weighted by molar-refractivity contribution is 4.79. The first-order valence-corrected chi connectivity index (χ1v) is 4.83. The molecule has 1 fully saturated rings. The molecule has 1 N–H and O–H groups in total. The fourth-order valence-corrected chi connectivity index (χ4v) is 1.63. The van der Waals surface area contributed by atoms with Gasteiger partial charge in [0.15, 0.2) is 0 Å². The van der Waals surface area contributed by atoms with Crippen LogP contribution in [0.1, 0.15) is 6.92 Å². The Balaban J connectivity index is 2.28. The number of hydrogen-bond acceptors (Lipinski definition) is 3. The van der Waals surface area contributed by atoms with Crippen molar-refractivity contribution in [1.82, 2.24) is 15.1 Å². The summed E-state index contributed by atoms with van der Waals surface area (Å²) in [5.41, 5.74) is 0. The third-order valence-corrected chi connectivity index (χ3v) is 2.61. The Morgan fingerprint density at radius 3 is 2.75 bits per heavy atom. The smallest absolute Gasteiger partial charge is 0.0345 e. The maximum Gasteiger partial charge on any atom is 0.0345 e. The topological polar surface area (TPSA) is 18.5 Å². The molecule has 12 heavy (non-hydrogen) atoms. The van der Waals surface area contributed by atoms with Gasteiger partial charge in [0, 0.05) is 32.2 Å². The molecular formula is C9H21N3. The molecule has 1 aliphatic rings. The molecule has 0 saturated carbocycles. The fraction of sp³-hybridized carbons (Fsp3) is 1.00. The summed E-state index contributed by atoms with van der Waals surface area (Å²) in [4.78, 5) is 4.85. The van der Waals surface area contributed by atoms with Gasteiger partial charge in [0.25, 0.3) is 0 Å². The molecule has 1 rings (SSSR count). The Morgan fingerprint density at radius 2 is 2.08 bits per heavy atom. The van der Waals surface area contributed by atoms with Gasteiger partial charge in [-0.3, -0.25) is 4.90 Å². The van der Waals surface area contributed by atoms with Gasteiger partial charge in [0.2, 0.25) is 0 Å². The summed E-state index contributed by atoms with van der Waals surface area (Å²) in [6, 6.07) is 0.698. The molecule has 0 aromatic rings. The lowest BCUT2D eigenvalue weighted by atomic mass is 10.2. The van der Waals surface area contributed by atoms with Crippen molar-refractivity contribution in [2.24, 2.45) is 0 Å². The minimum absolute atomic E-state index is 0.698. The number of nitrogens with one attached hydrogen (secondary N) is 1. The molecule has 3 nitrogen and oxygen atoms in total. The number of rotatable bonds is 3. The quantitative estimate of drug-likeness (QED) is 0.637. The van der Waals surface area contributed by atoms with Gasteiger partial charge in [-0.05, 0) is 20.6 Å². The van der Waals surface area contributed by atoms with Crippen LogP contribution in [0.15, 0.2) is 0 Å². The van der Waals surface area contributed by atoms with Gasteiger partial charge < -0.3 is 10.2 Å². The zero-order chi connectivity index (χ0) is 8.97. The van der Waals surface area contributed by atoms with Gasteiger partial charge in [-0.1, -0.05) is 6.92 Å². The second kappa shape index (κ2) is 4.80. The van der Waals surface area contributed by atoms with Crippen LogP contribution in [-0.2, 0) is 0 Å². The minimum Gasteiger partial charge on any atom is -0.315 e. The SMILES string of the molecule is CCNCC1CN(C)CCN1C. The Hall–Kier alpha value is -0.120. The molecule has 0 bridgehead atoms. The minimum atomic E-state index is 0.698. The largest absolute Gasteiger partial charge is 0.315 e. The molecule has 1 aliphatic heterocycles. The van der Waals surface area contributed by atoms with Crippen molar-refractivity contribution < 1.29 is 0 Å². The third kappa shape index (κ3) is 2.73. The van der Waals surface area contributed by atoms with Crippen LogP contribution in [0, 0.1) is 0 Å². The van der Waals surface area contributed by atoms with Gasteiger partial charge in [-0.15, -0.1) is 0 Å². The first-order valence-electron chi connectivity index (χ1n) is 4.83. The maximum atomic E-state index is 3.40. The Morgan fingerprint density at radius 1 is 1.33 bits per heavy atom. The van der Waals surface area contributed by atoms with Crippen molar-refractivity contribution in [3.8, 4) is 0 Å². The summed E-state index contributed by atoms with van der Waals surface area (Å²) < 4.78 is 0. The lowest BCUT2D eigenvalue weighted by Crippen LogP contribution is -2.53. The zero-order valence-corrected chi connectivity index (χ0v) is 8.51. The molecule has 1 atom stereocenters. The lowest BCUT2D eigenvalue weighted by Gasteiger charge is -2.37. The molecule has 1 unspecified atom stereocenters. The summed E-state index contributed by atoms with van der Waals surface area (Å²) in [6.07, 6.45) is 0. The van der Waals surface area contributed by atoms with Crippen LogP contribution in [-0.4, -0.2) is 62.7 Å². The Kier molecular flexibility index (Phi) is 3.98. The molecule has 72 valence electrons. The van der Waals surface area contributed by atoms with Crippen LogP contribution in [0.2, 0.25) is 0 Å². The molecule has 1 saturated heterocycles. The van der Waals surface area contributed by atoms with E-state index in [4.69, 9.17) is 0 Å². The van der Waals surface area contributed by atoms with Gasteiger partial charge >= 0.3 is 0 Å². The first-order chi connectivity index (χ1) is 5.74. The molecule has 3 heteroatoms. The Labute approximate surface area is 75.7 Å². The van der Waals surface area contributed by atoms with Crippen molar-refractivity contribution in [2.75, 3.05) is 46.8 Å². The van der Waals surface area contributed by atoms with E-state index in [1.165, 1.54) is 19.6 Å². The standard InChI is InChI=1S/C9H21N3/c1-4-10-7-9-8-11(2)5-6-12(9)3/h9-10H,4-8H2,1-3H3. The summed E-state index contributed by atoms with van der Waals surface area (Å²) in [5.74, 6) is 0. The summed E-state index contributed by atoms with van der Waals surface area (Å²) in [6.45, 7) is 7.97. The number of nitrogens with zero attached hydrogens (tertiary/aromatic N) is 2. The van der Waals surface area contributed by atoms with E-state index in [-0.39, 0.29) is 0 Å². The van der Waals surface area contributed by atoms with Crippen molar-refractivity contribution >= 4 is 0 Å². The fourth-order valence-electron chi connectivity index (χ4n) is 1.63. The molecule has 0 spiro atoms. The van der Waals surface area contributed by atoms with Crippen LogP contribution < -0.4 is 5.32 Å². The second-order valence-electron chi connectivity index (χ2n) is 3.70. The molecule has 0 aromatic carbocycles. The molecular weight excluding hydrogens is 150 g/mol. The van der Waals surface area contributed by atoms with Crippen LogP contribution in [0.25, 0.3) is 0 Å². The van der Waals surface area contributed by atoms with Gasteiger partial charge in [-0.25, -0.2) is 0 Å². The molecule has 0 aliphatic carbocycles. The first kappa shape index (κ1) is 9.96. The van der Waals surface area contributed by atoms with Crippen molar-refractivity contribution in [3.05, 3.63) is 0 Å². The second-order valence-corrected chi connectivity index (χ2v) is 3.70. The Bertz CT molecular complexity index is 127. The van der Waals surface area contributed by atoms with E-state index in [2.05, 4.69) is 36.1 Å². The van der Waals surface area contributed by atoms with Crippen LogP contribution in [0.3, 0.4) is 0 Å². The average molecular weight is 171 g/mol. The normalized spacial score (nSPS) is 27.8. The zero-order valence-electron chi connectivity index (χ0n) is 8.51. The van der Waals surface area contributed by atoms with E-state index in [1.807, 2.05) is 0 Å². The van der Waals surface area contributed by atoms with E-state index in [9.17, 15) is 0 Å². The van der Waals surface area contributed by atoms with Crippen molar-refractivity contribution in [1.29, 1.82) is 0 Å². The predicted octanol–water partition coefficient (Wildman–Crippen LogP) is -0.158. The molecule has 1 heterocycles. The predicted molar refractivity (Wildman–Crippen MR) is 52.5 cm³/mol. The molecule has 0 radical (unpaired) electrons. The van der Waals surface area contributed by atoms with E-state index < -0.39 is 0 Å². The summed E-state index contributed by atoms with van der Waals surface area (Å²) in [7, 11) is 4.42. The average Bonchev–Trinajstić information content (AvgIpc) is 2.07. The summed E-state index contributed by atoms with van der Waals surface area (Å²) >= 11 is 0. The van der Waals surface area contributed by atoms with Crippen molar-refractivity contribution in [3.63, 3.8) is 0 Å². The van der Waals surface area contributed by atoms with E-state index in [1.54, 1.807) is 0 Å². The van der Waals surface area contributed by atoms with E-state index in [0.717, 1.165) is 13.1 Å². The van der Waals surface area contributed by atoms with Gasteiger partial charge in [0.1, 0.15) is 0 Å². The van der Waals surface area contributed by atoms with Crippen molar-refractivity contribution in [2.45, 2.75) is 13.0 Å². The highest BCUT2D eigenvalue weighted by Crippen LogP contribution is 2.04. The number of piperazine rings is 1. The maximum absolute atomic E-state index is 3.40. The van der Waals surface area contributed by atoms with Gasteiger partial charge in [0.05, 0.1) is 0 Å². The monoisotopic (exact) mass is 171 g/mol. The van der Waals surface area contributed by atoms with Crippen LogP contribution in [0.4, 0.5) is 0 Å². The number of hydrogen-bond donors (Lipinski definition) is 1. The molecule has 0 aromatic heterocycles. The lowest BCUT2D eigenvalue weighted by molar-refractivity contribution is 0.114. The van der Waals surface area contributed by atoms with E-state index in [0.29, 0.717) is 6.04 Å².